The summed E-state index contributed by atoms with van der Waals surface area (Å²) in [6.45, 7) is 4.17. The van der Waals surface area contributed by atoms with E-state index in [9.17, 15) is 0 Å². The van der Waals surface area contributed by atoms with Crippen molar-refractivity contribution < 1.29 is 0 Å². The van der Waals surface area contributed by atoms with E-state index in [0.717, 1.165) is 34.5 Å². The molecule has 0 unspecified atom stereocenters. The molecule has 3 aromatic rings. The first kappa shape index (κ1) is 12.7. The zero-order valence-corrected chi connectivity index (χ0v) is 12.0. The fraction of sp³-hybridized carbons (Fsp3) is 0.250. The third kappa shape index (κ3) is 1.84. The largest absolute Gasteiger partial charge is 0.387 e. The van der Waals surface area contributed by atoms with Crippen molar-refractivity contribution >= 4 is 16.7 Å². The number of fused-ring (bicyclic) bond motifs is 1. The lowest BCUT2D eigenvalue weighted by molar-refractivity contribution is 0.877. The van der Waals surface area contributed by atoms with Gasteiger partial charge in [0.05, 0.1) is 22.5 Å². The van der Waals surface area contributed by atoms with E-state index < -0.39 is 0 Å². The number of benzene rings is 1. The molecule has 0 saturated carbocycles. The number of hydrogen-bond donors (Lipinski definition) is 1. The quantitative estimate of drug-likeness (QED) is 0.790. The molecule has 3 rings (SSSR count). The summed E-state index contributed by atoms with van der Waals surface area (Å²) < 4.78 is 1.91. The summed E-state index contributed by atoms with van der Waals surface area (Å²) in [5.41, 5.74) is 5.28. The molecule has 4 nitrogen and oxygen atoms in total. The van der Waals surface area contributed by atoms with Crippen molar-refractivity contribution in [2.75, 3.05) is 12.4 Å². The summed E-state index contributed by atoms with van der Waals surface area (Å²) >= 11 is 0. The van der Waals surface area contributed by atoms with E-state index in [1.54, 1.807) is 0 Å². The van der Waals surface area contributed by atoms with Gasteiger partial charge in [0.15, 0.2) is 5.65 Å². The minimum absolute atomic E-state index is 0.898. The van der Waals surface area contributed by atoms with Crippen molar-refractivity contribution in [2.24, 2.45) is 0 Å². The van der Waals surface area contributed by atoms with Crippen molar-refractivity contribution in [3.05, 3.63) is 47.8 Å². The number of para-hydroxylation sites is 1. The van der Waals surface area contributed by atoms with Crippen LogP contribution in [0.1, 0.15) is 18.2 Å². The molecular weight excluding hydrogens is 248 g/mol. The first-order valence-corrected chi connectivity index (χ1v) is 6.86. The lowest BCUT2D eigenvalue weighted by atomic mass is 10.1. The van der Waals surface area contributed by atoms with Crippen LogP contribution in [0.5, 0.6) is 0 Å². The number of nitrogens with one attached hydrogen (secondary N) is 1. The predicted molar refractivity (Wildman–Crippen MR) is 82.5 cm³/mol. The molecular formula is C16H18N4. The van der Waals surface area contributed by atoms with Gasteiger partial charge in [-0.1, -0.05) is 25.1 Å². The maximum Gasteiger partial charge on any atom is 0.165 e. The SMILES string of the molecule is CCc1cnc2c(c(C)nn2-c2ccccc2)c1NC. The second kappa shape index (κ2) is 4.96. The highest BCUT2D eigenvalue weighted by Gasteiger charge is 2.15. The van der Waals surface area contributed by atoms with Crippen molar-refractivity contribution in [1.82, 2.24) is 14.8 Å². The maximum atomic E-state index is 4.66. The highest BCUT2D eigenvalue weighted by molar-refractivity contribution is 5.93. The van der Waals surface area contributed by atoms with Crippen LogP contribution in [0.15, 0.2) is 36.5 Å². The molecule has 4 heteroatoms. The molecule has 2 aromatic heterocycles. The minimum Gasteiger partial charge on any atom is -0.387 e. The number of aromatic nitrogens is 3. The molecule has 0 aliphatic carbocycles. The monoisotopic (exact) mass is 266 g/mol. The van der Waals surface area contributed by atoms with Crippen LogP contribution in [0, 0.1) is 6.92 Å². The van der Waals surface area contributed by atoms with Crippen molar-refractivity contribution in [2.45, 2.75) is 20.3 Å². The molecule has 0 atom stereocenters. The van der Waals surface area contributed by atoms with Gasteiger partial charge in [-0.05, 0) is 31.0 Å². The first-order valence-electron chi connectivity index (χ1n) is 6.86. The topological polar surface area (TPSA) is 42.7 Å². The van der Waals surface area contributed by atoms with Gasteiger partial charge in [-0.15, -0.1) is 0 Å². The fourth-order valence-electron chi connectivity index (χ4n) is 2.59. The first-order chi connectivity index (χ1) is 9.76. The Hall–Kier alpha value is -2.36. The molecule has 0 aliphatic heterocycles. The van der Waals surface area contributed by atoms with Gasteiger partial charge in [0.2, 0.25) is 0 Å². The summed E-state index contributed by atoms with van der Waals surface area (Å²) in [7, 11) is 1.95. The zero-order valence-electron chi connectivity index (χ0n) is 12.0. The van der Waals surface area contributed by atoms with E-state index in [1.165, 1.54) is 5.56 Å². The number of pyridine rings is 1. The Bertz CT molecular complexity index is 744. The smallest absolute Gasteiger partial charge is 0.165 e. The lowest BCUT2D eigenvalue weighted by Crippen LogP contribution is -2.00. The van der Waals surface area contributed by atoms with E-state index in [2.05, 4.69) is 22.3 Å². The number of nitrogens with zero attached hydrogens (tertiary/aromatic N) is 3. The molecule has 0 spiro atoms. The Balaban J connectivity index is 2.33. The van der Waals surface area contributed by atoms with Gasteiger partial charge in [0.25, 0.3) is 0 Å². The summed E-state index contributed by atoms with van der Waals surface area (Å²) in [6, 6.07) is 10.1. The van der Waals surface area contributed by atoms with Crippen LogP contribution < -0.4 is 5.32 Å². The Morgan fingerprint density at radius 3 is 2.60 bits per heavy atom. The average Bonchev–Trinajstić information content (AvgIpc) is 2.84. The summed E-state index contributed by atoms with van der Waals surface area (Å²) in [5, 5.41) is 9.07. The molecule has 0 amide bonds. The van der Waals surface area contributed by atoms with E-state index in [-0.39, 0.29) is 0 Å². The van der Waals surface area contributed by atoms with Crippen molar-refractivity contribution in [3.8, 4) is 5.69 Å². The van der Waals surface area contributed by atoms with Crippen LogP contribution in [-0.4, -0.2) is 21.8 Å². The number of anilines is 1. The van der Waals surface area contributed by atoms with Gasteiger partial charge >= 0.3 is 0 Å². The molecule has 2 heterocycles. The van der Waals surface area contributed by atoms with Crippen LogP contribution in [0.4, 0.5) is 5.69 Å². The van der Waals surface area contributed by atoms with Gasteiger partial charge < -0.3 is 5.32 Å². The minimum atomic E-state index is 0.898. The van der Waals surface area contributed by atoms with Crippen LogP contribution >= 0.6 is 0 Å². The number of rotatable bonds is 3. The van der Waals surface area contributed by atoms with Crippen molar-refractivity contribution in [1.29, 1.82) is 0 Å². The van der Waals surface area contributed by atoms with Gasteiger partial charge in [-0.2, -0.15) is 5.10 Å². The molecule has 0 aliphatic rings. The van der Waals surface area contributed by atoms with Crippen LogP contribution in [0.25, 0.3) is 16.7 Å². The Morgan fingerprint density at radius 1 is 1.20 bits per heavy atom. The lowest BCUT2D eigenvalue weighted by Gasteiger charge is -2.09. The molecule has 0 saturated heterocycles. The predicted octanol–water partition coefficient (Wildman–Crippen LogP) is 3.33. The maximum absolute atomic E-state index is 4.66. The highest BCUT2D eigenvalue weighted by Crippen LogP contribution is 2.30. The van der Waals surface area contributed by atoms with Crippen LogP contribution in [0.3, 0.4) is 0 Å². The van der Waals surface area contributed by atoms with E-state index in [4.69, 9.17) is 0 Å². The molecule has 20 heavy (non-hydrogen) atoms. The molecule has 0 radical (unpaired) electrons. The molecule has 102 valence electrons. The molecule has 1 N–H and O–H groups in total. The molecule has 0 bridgehead atoms. The Labute approximate surface area is 118 Å². The third-order valence-electron chi connectivity index (χ3n) is 3.58. The summed E-state index contributed by atoms with van der Waals surface area (Å²) in [4.78, 5) is 4.62. The summed E-state index contributed by atoms with van der Waals surface area (Å²) in [6.07, 6.45) is 2.89. The van der Waals surface area contributed by atoms with Gasteiger partial charge in [0.1, 0.15) is 0 Å². The number of aryl methyl sites for hydroxylation is 2. The average molecular weight is 266 g/mol. The number of hydrogen-bond acceptors (Lipinski definition) is 3. The third-order valence-corrected chi connectivity index (χ3v) is 3.58. The Kier molecular flexibility index (Phi) is 3.14. The highest BCUT2D eigenvalue weighted by atomic mass is 15.3. The molecule has 1 aromatic carbocycles. The van der Waals surface area contributed by atoms with Crippen LogP contribution in [-0.2, 0) is 6.42 Å². The second-order valence-corrected chi connectivity index (χ2v) is 4.79. The van der Waals surface area contributed by atoms with Crippen molar-refractivity contribution in [3.63, 3.8) is 0 Å². The van der Waals surface area contributed by atoms with Crippen LogP contribution in [0.2, 0.25) is 0 Å². The normalized spacial score (nSPS) is 10.9. The van der Waals surface area contributed by atoms with E-state index in [0.29, 0.717) is 0 Å². The molecule has 0 fully saturated rings. The van der Waals surface area contributed by atoms with E-state index >= 15 is 0 Å². The van der Waals surface area contributed by atoms with Gasteiger partial charge in [-0.3, -0.25) is 0 Å². The fourth-order valence-corrected chi connectivity index (χ4v) is 2.59. The van der Waals surface area contributed by atoms with Gasteiger partial charge in [0, 0.05) is 13.2 Å². The zero-order chi connectivity index (χ0) is 14.1. The van der Waals surface area contributed by atoms with Gasteiger partial charge in [-0.25, -0.2) is 9.67 Å². The summed E-state index contributed by atoms with van der Waals surface area (Å²) in [5.74, 6) is 0. The van der Waals surface area contributed by atoms with E-state index in [1.807, 2.05) is 55.2 Å². The second-order valence-electron chi connectivity index (χ2n) is 4.79. The standard InChI is InChI=1S/C16H18N4/c1-4-12-10-18-16-14(15(12)17-3)11(2)19-20(16)13-8-6-5-7-9-13/h5-10H,4H2,1-3H3,(H,17,18). The Morgan fingerprint density at radius 2 is 1.95 bits per heavy atom.